The van der Waals surface area contributed by atoms with Crippen LogP contribution in [-0.4, -0.2) is 43.2 Å². The predicted molar refractivity (Wildman–Crippen MR) is 132 cm³/mol. The van der Waals surface area contributed by atoms with Crippen LogP contribution in [0, 0.1) is 17.6 Å². The highest BCUT2D eigenvalue weighted by Gasteiger charge is 2.11. The van der Waals surface area contributed by atoms with Gasteiger partial charge in [0.25, 0.3) is 0 Å². The Balaban J connectivity index is 1.74. The van der Waals surface area contributed by atoms with Crippen molar-refractivity contribution >= 4 is 61.8 Å². The normalized spacial score (nSPS) is 10.9. The minimum Gasteiger partial charge on any atom is -0.464 e. The van der Waals surface area contributed by atoms with Gasteiger partial charge in [0.2, 0.25) is 5.13 Å². The number of hydrogen-bond donors (Lipinski definition) is 0. The van der Waals surface area contributed by atoms with E-state index in [1.54, 1.807) is 0 Å². The smallest absolute Gasteiger partial charge is 0.302 e. The van der Waals surface area contributed by atoms with Crippen LogP contribution in [0.2, 0.25) is 0 Å². The van der Waals surface area contributed by atoms with Crippen molar-refractivity contribution in [3.8, 4) is 5.40 Å². The van der Waals surface area contributed by atoms with Gasteiger partial charge in [-0.1, -0.05) is 11.3 Å². The first-order valence-electron chi connectivity index (χ1n) is 10.4. The molecule has 3 aromatic rings. The lowest BCUT2D eigenvalue weighted by Crippen LogP contribution is -2.31. The number of carbonyl (C=O) groups is 2. The largest absolute Gasteiger partial charge is 0.464 e. The highest BCUT2D eigenvalue weighted by atomic mass is 32.2. The van der Waals surface area contributed by atoms with Crippen LogP contribution in [0.1, 0.15) is 19.4 Å². The first-order chi connectivity index (χ1) is 16.4. The maximum absolute atomic E-state index is 11.1. The van der Waals surface area contributed by atoms with Crippen molar-refractivity contribution in [3.63, 3.8) is 0 Å². The summed E-state index contributed by atoms with van der Waals surface area (Å²) in [5.74, 6) is -0.691. The Bertz CT molecular complexity index is 1230. The van der Waals surface area contributed by atoms with E-state index in [-0.39, 0.29) is 25.2 Å². The molecule has 0 aliphatic carbocycles. The van der Waals surface area contributed by atoms with Gasteiger partial charge in [-0.15, -0.1) is 10.2 Å². The lowest BCUT2D eigenvalue weighted by atomic mass is 10.1. The summed E-state index contributed by atoms with van der Waals surface area (Å²) in [5.41, 5.74) is 3.30. The van der Waals surface area contributed by atoms with E-state index < -0.39 is 0 Å². The first-order valence-corrected chi connectivity index (χ1v) is 12.0. The van der Waals surface area contributed by atoms with E-state index in [1.807, 2.05) is 48.2 Å². The molecule has 0 bridgehead atoms. The summed E-state index contributed by atoms with van der Waals surface area (Å²) in [4.78, 5) is 29.5. The molecule has 0 saturated heterocycles. The Kier molecular flexibility index (Phi) is 8.95. The van der Waals surface area contributed by atoms with Crippen molar-refractivity contribution in [1.82, 2.24) is 4.98 Å². The summed E-state index contributed by atoms with van der Waals surface area (Å²) in [6, 6.07) is 11.3. The second kappa shape index (κ2) is 12.1. The molecule has 176 valence electrons. The number of ether oxygens (including phenoxy) is 2. The minimum absolute atomic E-state index is 0.224. The molecule has 9 nitrogen and oxygen atoms in total. The summed E-state index contributed by atoms with van der Waals surface area (Å²) < 4.78 is 11.1. The quantitative estimate of drug-likeness (QED) is 0.155. The fourth-order valence-electron chi connectivity index (χ4n) is 3.07. The number of azo groups is 1. The molecule has 0 spiro atoms. The zero-order valence-corrected chi connectivity index (χ0v) is 20.6. The molecule has 0 radical (unpaired) electrons. The third-order valence-corrected chi connectivity index (χ3v) is 6.12. The van der Waals surface area contributed by atoms with Gasteiger partial charge in [-0.05, 0) is 60.6 Å². The monoisotopic (exact) mass is 497 g/mol. The van der Waals surface area contributed by atoms with Crippen molar-refractivity contribution in [3.05, 3.63) is 42.0 Å². The predicted octanol–water partition coefficient (Wildman–Crippen LogP) is 5.53. The zero-order valence-electron chi connectivity index (χ0n) is 19.0. The van der Waals surface area contributed by atoms with Crippen molar-refractivity contribution in [2.45, 2.75) is 25.7 Å². The summed E-state index contributed by atoms with van der Waals surface area (Å²) >= 11 is 2.51. The minimum atomic E-state index is -0.346. The lowest BCUT2D eigenvalue weighted by molar-refractivity contribution is -0.141. The molecule has 34 heavy (non-hydrogen) atoms. The molecule has 11 heteroatoms. The molecule has 0 aliphatic rings. The van der Waals surface area contributed by atoms with Crippen molar-refractivity contribution in [1.29, 1.82) is 5.26 Å². The van der Waals surface area contributed by atoms with Crippen LogP contribution >= 0.6 is 23.1 Å². The number of thiazole rings is 1. The fourth-order valence-corrected chi connectivity index (χ4v) is 4.39. The number of thiocyanates is 1. The number of aryl methyl sites for hydroxylation is 1. The van der Waals surface area contributed by atoms with Gasteiger partial charge in [0, 0.05) is 24.4 Å². The molecule has 0 aliphatic heterocycles. The van der Waals surface area contributed by atoms with Crippen LogP contribution < -0.4 is 4.90 Å². The molecule has 0 amide bonds. The number of anilines is 1. The third kappa shape index (κ3) is 7.26. The average Bonchev–Trinajstić information content (AvgIpc) is 3.19. The van der Waals surface area contributed by atoms with Gasteiger partial charge in [0.05, 0.1) is 29.0 Å². The van der Waals surface area contributed by atoms with Gasteiger partial charge >= 0.3 is 11.9 Å². The van der Waals surface area contributed by atoms with Crippen LogP contribution in [-0.2, 0) is 19.1 Å². The molecule has 0 saturated carbocycles. The number of thioether (sulfide) groups is 1. The number of esters is 2. The average molecular weight is 498 g/mol. The molecule has 0 N–H and O–H groups in total. The molecule has 0 fully saturated rings. The highest BCUT2D eigenvalue weighted by Crippen LogP contribution is 2.33. The van der Waals surface area contributed by atoms with Crippen LogP contribution in [0.15, 0.2) is 51.5 Å². The Morgan fingerprint density at radius 1 is 1.09 bits per heavy atom. The Labute approximate surface area is 205 Å². The van der Waals surface area contributed by atoms with Crippen molar-refractivity contribution in [2.24, 2.45) is 10.2 Å². The standard InChI is InChI=1S/C23H23N5O4S2/c1-15-12-18(28(8-10-31-16(2)29)9-11-32-17(3)30)4-6-20(15)26-27-23-25-21-7-5-19(33-14-24)13-22(21)34-23/h4-7,12-13H,8-11H2,1-3H3. The number of rotatable bonds is 10. The van der Waals surface area contributed by atoms with Crippen molar-refractivity contribution < 1.29 is 19.1 Å². The number of hydrogen-bond acceptors (Lipinski definition) is 11. The second-order valence-electron chi connectivity index (χ2n) is 7.16. The third-order valence-electron chi connectivity index (χ3n) is 4.63. The summed E-state index contributed by atoms with van der Waals surface area (Å²) in [5, 5.41) is 20.1. The number of benzene rings is 2. The molecular formula is C23H23N5O4S2. The van der Waals surface area contributed by atoms with Crippen molar-refractivity contribution in [2.75, 3.05) is 31.2 Å². The van der Waals surface area contributed by atoms with Gasteiger partial charge in [-0.3, -0.25) is 9.59 Å². The Morgan fingerprint density at radius 2 is 1.79 bits per heavy atom. The number of carbonyl (C=O) groups excluding carboxylic acids is 2. The Morgan fingerprint density at radius 3 is 2.41 bits per heavy atom. The topological polar surface area (TPSA) is 117 Å². The number of aromatic nitrogens is 1. The van der Waals surface area contributed by atoms with Gasteiger partial charge < -0.3 is 14.4 Å². The van der Waals surface area contributed by atoms with E-state index in [2.05, 4.69) is 20.6 Å². The molecule has 2 aromatic carbocycles. The van der Waals surface area contributed by atoms with Crippen LogP contribution in [0.3, 0.4) is 0 Å². The maximum atomic E-state index is 11.1. The summed E-state index contributed by atoms with van der Waals surface area (Å²) in [6.45, 7) is 6.02. The fraction of sp³-hybridized carbons (Fsp3) is 0.304. The second-order valence-corrected chi connectivity index (χ2v) is 9.02. The molecule has 1 heterocycles. The van der Waals surface area contributed by atoms with E-state index in [0.29, 0.717) is 23.9 Å². The van der Waals surface area contributed by atoms with E-state index in [4.69, 9.17) is 14.7 Å². The SMILES string of the molecule is CC(=O)OCCN(CCOC(C)=O)c1ccc(N=Nc2nc3ccc(SC#N)cc3s2)c(C)c1. The van der Waals surface area contributed by atoms with E-state index in [0.717, 1.165) is 38.1 Å². The number of fused-ring (bicyclic) bond motifs is 1. The first kappa shape index (κ1) is 25.1. The lowest BCUT2D eigenvalue weighted by Gasteiger charge is -2.25. The molecule has 0 unspecified atom stereocenters. The summed E-state index contributed by atoms with van der Waals surface area (Å²) in [7, 11) is 0. The molecular weight excluding hydrogens is 474 g/mol. The van der Waals surface area contributed by atoms with E-state index >= 15 is 0 Å². The maximum Gasteiger partial charge on any atom is 0.302 e. The molecule has 0 atom stereocenters. The van der Waals surface area contributed by atoms with Gasteiger partial charge in [0.1, 0.15) is 18.6 Å². The molecule has 3 rings (SSSR count). The van der Waals surface area contributed by atoms with Crippen LogP contribution in [0.4, 0.5) is 16.5 Å². The van der Waals surface area contributed by atoms with E-state index in [9.17, 15) is 9.59 Å². The summed E-state index contributed by atoms with van der Waals surface area (Å²) in [6.07, 6.45) is 0. The number of nitriles is 1. The van der Waals surface area contributed by atoms with Gasteiger partial charge in [-0.25, -0.2) is 4.98 Å². The van der Waals surface area contributed by atoms with Crippen LogP contribution in [0.5, 0.6) is 0 Å². The zero-order chi connectivity index (χ0) is 24.5. The van der Waals surface area contributed by atoms with Gasteiger partial charge in [0.15, 0.2) is 0 Å². The number of nitrogens with zero attached hydrogens (tertiary/aromatic N) is 5. The van der Waals surface area contributed by atoms with Gasteiger partial charge in [-0.2, -0.15) is 5.26 Å². The van der Waals surface area contributed by atoms with Crippen LogP contribution in [0.25, 0.3) is 10.2 Å². The highest BCUT2D eigenvalue weighted by molar-refractivity contribution is 8.03. The van der Waals surface area contributed by atoms with E-state index in [1.165, 1.54) is 25.2 Å². The Hall–Kier alpha value is -3.49. The molecule has 1 aromatic heterocycles.